The Morgan fingerprint density at radius 1 is 1.08 bits per heavy atom. The number of nitrogens with zero attached hydrogens (tertiary/aromatic N) is 3. The monoisotopic (exact) mass is 351 g/mol. The van der Waals surface area contributed by atoms with Crippen LogP contribution in [-0.4, -0.2) is 9.55 Å². The van der Waals surface area contributed by atoms with Crippen LogP contribution in [0.4, 0.5) is 0 Å². The maximum absolute atomic E-state index is 9.23. The van der Waals surface area contributed by atoms with E-state index in [1.807, 2.05) is 75.0 Å². The Morgan fingerprint density at radius 3 is 2.40 bits per heavy atom. The zero-order valence-electron chi connectivity index (χ0n) is 14.9. The highest BCUT2D eigenvalue weighted by atomic mass is 32.2. The van der Waals surface area contributed by atoms with Gasteiger partial charge in [-0.15, -0.1) is 0 Å². The summed E-state index contributed by atoms with van der Waals surface area (Å²) in [6.07, 6.45) is 3.64. The van der Waals surface area contributed by atoms with Crippen molar-refractivity contribution in [1.29, 1.82) is 5.26 Å². The molecule has 128 valence electrons. The van der Waals surface area contributed by atoms with Gasteiger partial charge in [-0.1, -0.05) is 43.3 Å². The summed E-state index contributed by atoms with van der Waals surface area (Å²) in [6, 6.07) is 15.5. The molecular weight excluding hydrogens is 330 g/mol. The second-order valence-electron chi connectivity index (χ2n) is 5.14. The molecule has 0 unspecified atom stereocenters. The van der Waals surface area contributed by atoms with Crippen LogP contribution in [0, 0.1) is 18.3 Å². The van der Waals surface area contributed by atoms with Gasteiger partial charge in [0.1, 0.15) is 11.5 Å². The van der Waals surface area contributed by atoms with E-state index >= 15 is 0 Å². The Kier molecular flexibility index (Phi) is 6.67. The molecule has 0 aliphatic heterocycles. The molecule has 0 fully saturated rings. The predicted octanol–water partition coefficient (Wildman–Crippen LogP) is 5.57. The SMILES string of the molecule is CC.Cc1ccc(Oc2cc(C#N)cc(Sc3nccn3C)c2)cc1. The number of rotatable bonds is 4. The molecule has 0 aliphatic rings. The first-order valence-corrected chi connectivity index (χ1v) is 8.90. The van der Waals surface area contributed by atoms with Crippen LogP contribution in [0.5, 0.6) is 11.5 Å². The maximum Gasteiger partial charge on any atom is 0.172 e. The van der Waals surface area contributed by atoms with Crippen molar-refractivity contribution in [1.82, 2.24) is 9.55 Å². The van der Waals surface area contributed by atoms with Crippen LogP contribution in [-0.2, 0) is 7.05 Å². The van der Waals surface area contributed by atoms with E-state index in [9.17, 15) is 5.26 Å². The normalized spacial score (nSPS) is 9.72. The summed E-state index contributed by atoms with van der Waals surface area (Å²) in [7, 11) is 1.94. The number of nitriles is 1. The summed E-state index contributed by atoms with van der Waals surface area (Å²) < 4.78 is 7.81. The Bertz CT molecular complexity index is 863. The first-order chi connectivity index (χ1) is 12.1. The summed E-state index contributed by atoms with van der Waals surface area (Å²) in [5.74, 6) is 1.39. The minimum absolute atomic E-state index is 0.561. The number of imidazole rings is 1. The van der Waals surface area contributed by atoms with Crippen molar-refractivity contribution in [3.63, 3.8) is 0 Å². The minimum Gasteiger partial charge on any atom is -0.457 e. The van der Waals surface area contributed by atoms with Gasteiger partial charge in [0.25, 0.3) is 0 Å². The summed E-state index contributed by atoms with van der Waals surface area (Å²) in [4.78, 5) is 5.21. The van der Waals surface area contributed by atoms with Gasteiger partial charge in [0.2, 0.25) is 0 Å². The second-order valence-corrected chi connectivity index (χ2v) is 6.18. The maximum atomic E-state index is 9.23. The lowest BCUT2D eigenvalue weighted by molar-refractivity contribution is 0.481. The van der Waals surface area contributed by atoms with E-state index in [1.165, 1.54) is 17.3 Å². The van der Waals surface area contributed by atoms with Crippen LogP contribution in [0.25, 0.3) is 0 Å². The highest BCUT2D eigenvalue weighted by Gasteiger charge is 2.07. The van der Waals surface area contributed by atoms with Crippen LogP contribution in [0.15, 0.2) is 64.9 Å². The molecular formula is C20H21N3OS. The third-order valence-electron chi connectivity index (χ3n) is 3.25. The molecule has 0 saturated heterocycles. The lowest BCUT2D eigenvalue weighted by Crippen LogP contribution is -1.90. The Hall–Kier alpha value is -2.71. The molecule has 4 nitrogen and oxygen atoms in total. The standard InChI is InChI=1S/C18H15N3OS.C2H6/c1-13-3-5-15(6-4-13)22-16-9-14(12-19)10-17(11-16)23-18-20-7-8-21(18)2;1-2/h3-11H,1-2H3;1-2H3. The number of benzene rings is 2. The molecule has 0 atom stereocenters. The van der Waals surface area contributed by atoms with Crippen molar-refractivity contribution in [3.05, 3.63) is 66.0 Å². The molecule has 1 aromatic heterocycles. The number of hydrogen-bond donors (Lipinski definition) is 0. The molecule has 0 bridgehead atoms. The van der Waals surface area contributed by atoms with Gasteiger partial charge >= 0.3 is 0 Å². The van der Waals surface area contributed by atoms with Crippen molar-refractivity contribution in [2.24, 2.45) is 7.05 Å². The van der Waals surface area contributed by atoms with Crippen molar-refractivity contribution >= 4 is 11.8 Å². The van der Waals surface area contributed by atoms with E-state index in [4.69, 9.17) is 4.74 Å². The molecule has 0 aliphatic carbocycles. The zero-order chi connectivity index (χ0) is 18.2. The van der Waals surface area contributed by atoms with Gasteiger partial charge in [0, 0.05) is 24.3 Å². The van der Waals surface area contributed by atoms with E-state index in [0.29, 0.717) is 11.3 Å². The zero-order valence-corrected chi connectivity index (χ0v) is 15.7. The van der Waals surface area contributed by atoms with Crippen LogP contribution in [0.1, 0.15) is 25.0 Å². The molecule has 25 heavy (non-hydrogen) atoms. The van der Waals surface area contributed by atoms with Gasteiger partial charge in [0.05, 0.1) is 11.6 Å². The molecule has 2 aromatic carbocycles. The number of ether oxygens (including phenoxy) is 1. The first kappa shape index (κ1) is 18.6. The third-order valence-corrected chi connectivity index (χ3v) is 4.30. The molecule has 0 N–H and O–H groups in total. The average Bonchev–Trinajstić information content (AvgIpc) is 3.03. The van der Waals surface area contributed by atoms with Crippen molar-refractivity contribution in [2.45, 2.75) is 30.8 Å². The van der Waals surface area contributed by atoms with Crippen LogP contribution >= 0.6 is 11.8 Å². The average molecular weight is 351 g/mol. The molecule has 0 spiro atoms. The van der Waals surface area contributed by atoms with E-state index in [2.05, 4.69) is 11.1 Å². The summed E-state index contributed by atoms with van der Waals surface area (Å²) in [5.41, 5.74) is 1.74. The summed E-state index contributed by atoms with van der Waals surface area (Å²) in [6.45, 7) is 6.03. The third kappa shape index (κ3) is 5.13. The number of aryl methyl sites for hydroxylation is 2. The number of aromatic nitrogens is 2. The van der Waals surface area contributed by atoms with E-state index in [1.54, 1.807) is 12.3 Å². The lowest BCUT2D eigenvalue weighted by Gasteiger charge is -2.09. The molecule has 0 amide bonds. The Morgan fingerprint density at radius 2 is 1.80 bits per heavy atom. The van der Waals surface area contributed by atoms with Crippen LogP contribution < -0.4 is 4.74 Å². The van der Waals surface area contributed by atoms with E-state index in [-0.39, 0.29) is 0 Å². The summed E-state index contributed by atoms with van der Waals surface area (Å²) >= 11 is 1.50. The van der Waals surface area contributed by atoms with Crippen molar-refractivity contribution in [3.8, 4) is 17.6 Å². The fourth-order valence-corrected chi connectivity index (χ4v) is 2.94. The molecule has 5 heteroatoms. The fraction of sp³-hybridized carbons (Fsp3) is 0.200. The minimum atomic E-state index is 0.561. The van der Waals surface area contributed by atoms with E-state index in [0.717, 1.165) is 15.8 Å². The Labute approximate surface area is 153 Å². The molecule has 0 radical (unpaired) electrons. The van der Waals surface area contributed by atoms with Gasteiger partial charge in [-0.25, -0.2) is 4.98 Å². The van der Waals surface area contributed by atoms with Gasteiger partial charge in [0.15, 0.2) is 5.16 Å². The van der Waals surface area contributed by atoms with E-state index < -0.39 is 0 Å². The summed E-state index contributed by atoms with van der Waals surface area (Å²) in [5, 5.41) is 10.1. The smallest absolute Gasteiger partial charge is 0.172 e. The van der Waals surface area contributed by atoms with Gasteiger partial charge in [-0.3, -0.25) is 0 Å². The van der Waals surface area contributed by atoms with Gasteiger partial charge in [-0.05, 0) is 37.3 Å². The lowest BCUT2D eigenvalue weighted by atomic mass is 10.2. The Balaban J connectivity index is 0.00000109. The largest absolute Gasteiger partial charge is 0.457 e. The van der Waals surface area contributed by atoms with Crippen LogP contribution in [0.2, 0.25) is 0 Å². The van der Waals surface area contributed by atoms with Gasteiger partial charge in [-0.2, -0.15) is 5.26 Å². The predicted molar refractivity (Wildman–Crippen MR) is 101 cm³/mol. The topological polar surface area (TPSA) is 50.8 Å². The highest BCUT2D eigenvalue weighted by Crippen LogP contribution is 2.32. The molecule has 1 heterocycles. The quantitative estimate of drug-likeness (QED) is 0.616. The van der Waals surface area contributed by atoms with Crippen LogP contribution in [0.3, 0.4) is 0 Å². The second kappa shape index (κ2) is 8.95. The first-order valence-electron chi connectivity index (χ1n) is 8.09. The van der Waals surface area contributed by atoms with Crippen molar-refractivity contribution in [2.75, 3.05) is 0 Å². The molecule has 3 aromatic rings. The molecule has 0 saturated carbocycles. The van der Waals surface area contributed by atoms with Crippen molar-refractivity contribution < 1.29 is 4.74 Å². The van der Waals surface area contributed by atoms with Gasteiger partial charge < -0.3 is 9.30 Å². The number of hydrogen-bond acceptors (Lipinski definition) is 4. The fourth-order valence-electron chi connectivity index (χ4n) is 2.05. The highest BCUT2D eigenvalue weighted by molar-refractivity contribution is 7.99. The molecule has 3 rings (SSSR count).